The lowest BCUT2D eigenvalue weighted by molar-refractivity contribution is -0.138. The Labute approximate surface area is 166 Å². The SMILES string of the molecule is CC(C)(C(=O)NCCc1ccccc1F)C(=O)Nc1ccc(C(C)(C)C)cc1. The lowest BCUT2D eigenvalue weighted by Gasteiger charge is -2.23. The van der Waals surface area contributed by atoms with Gasteiger partial charge in [0.1, 0.15) is 11.2 Å². The first-order chi connectivity index (χ1) is 13.0. The van der Waals surface area contributed by atoms with Crippen LogP contribution in [0.3, 0.4) is 0 Å². The second kappa shape index (κ2) is 8.55. The van der Waals surface area contributed by atoms with Crippen LogP contribution in [0.2, 0.25) is 0 Å². The molecule has 0 saturated heterocycles. The highest BCUT2D eigenvalue weighted by Crippen LogP contribution is 2.25. The fourth-order valence-electron chi connectivity index (χ4n) is 2.68. The monoisotopic (exact) mass is 384 g/mol. The predicted molar refractivity (Wildman–Crippen MR) is 111 cm³/mol. The molecule has 0 bridgehead atoms. The molecule has 0 heterocycles. The molecule has 2 aromatic rings. The van der Waals surface area contributed by atoms with Crippen molar-refractivity contribution in [2.75, 3.05) is 11.9 Å². The summed E-state index contributed by atoms with van der Waals surface area (Å²) in [7, 11) is 0. The first kappa shape index (κ1) is 21.6. The van der Waals surface area contributed by atoms with Gasteiger partial charge in [-0.3, -0.25) is 9.59 Å². The summed E-state index contributed by atoms with van der Waals surface area (Å²) in [5, 5.41) is 5.53. The second-order valence-electron chi connectivity index (χ2n) is 8.50. The Morgan fingerprint density at radius 3 is 2.07 bits per heavy atom. The molecule has 5 heteroatoms. The van der Waals surface area contributed by atoms with Crippen molar-refractivity contribution in [1.29, 1.82) is 0 Å². The number of anilines is 1. The molecule has 4 nitrogen and oxygen atoms in total. The Hall–Kier alpha value is -2.69. The number of amides is 2. The third kappa shape index (κ3) is 5.41. The van der Waals surface area contributed by atoms with Gasteiger partial charge in [0, 0.05) is 12.2 Å². The summed E-state index contributed by atoms with van der Waals surface area (Å²) in [6.45, 7) is 9.77. The van der Waals surface area contributed by atoms with E-state index >= 15 is 0 Å². The van der Waals surface area contributed by atoms with E-state index in [4.69, 9.17) is 0 Å². The van der Waals surface area contributed by atoms with Crippen LogP contribution in [0, 0.1) is 11.2 Å². The van der Waals surface area contributed by atoms with Crippen molar-refractivity contribution in [1.82, 2.24) is 5.32 Å². The van der Waals surface area contributed by atoms with Gasteiger partial charge in [-0.05, 0) is 55.0 Å². The van der Waals surface area contributed by atoms with Gasteiger partial charge in [-0.1, -0.05) is 51.1 Å². The van der Waals surface area contributed by atoms with E-state index in [1.165, 1.54) is 6.07 Å². The summed E-state index contributed by atoms with van der Waals surface area (Å²) in [4.78, 5) is 25.1. The van der Waals surface area contributed by atoms with Gasteiger partial charge >= 0.3 is 0 Å². The molecule has 0 atom stereocenters. The zero-order valence-corrected chi connectivity index (χ0v) is 17.2. The van der Waals surface area contributed by atoms with E-state index < -0.39 is 11.3 Å². The van der Waals surface area contributed by atoms with Crippen LogP contribution in [0.5, 0.6) is 0 Å². The summed E-state index contributed by atoms with van der Waals surface area (Å²) in [6, 6.07) is 14.1. The summed E-state index contributed by atoms with van der Waals surface area (Å²) in [5.74, 6) is -1.08. The largest absolute Gasteiger partial charge is 0.355 e. The first-order valence-electron chi connectivity index (χ1n) is 9.45. The molecule has 0 fully saturated rings. The van der Waals surface area contributed by atoms with Crippen LogP contribution in [-0.4, -0.2) is 18.4 Å². The van der Waals surface area contributed by atoms with Crippen LogP contribution >= 0.6 is 0 Å². The Morgan fingerprint density at radius 1 is 0.893 bits per heavy atom. The summed E-state index contributed by atoms with van der Waals surface area (Å²) < 4.78 is 13.6. The number of nitrogens with one attached hydrogen (secondary N) is 2. The van der Waals surface area contributed by atoms with Gasteiger partial charge in [0.2, 0.25) is 11.8 Å². The van der Waals surface area contributed by atoms with E-state index in [9.17, 15) is 14.0 Å². The van der Waals surface area contributed by atoms with Crippen molar-refractivity contribution >= 4 is 17.5 Å². The normalized spacial score (nSPS) is 11.8. The van der Waals surface area contributed by atoms with Crippen molar-refractivity contribution in [3.8, 4) is 0 Å². The smallest absolute Gasteiger partial charge is 0.239 e. The molecule has 0 radical (unpaired) electrons. The van der Waals surface area contributed by atoms with Crippen molar-refractivity contribution in [2.45, 2.75) is 46.5 Å². The molecule has 28 heavy (non-hydrogen) atoms. The highest BCUT2D eigenvalue weighted by atomic mass is 19.1. The Bertz CT molecular complexity index is 836. The van der Waals surface area contributed by atoms with Crippen LogP contribution in [0.4, 0.5) is 10.1 Å². The lowest BCUT2D eigenvalue weighted by Crippen LogP contribution is -2.45. The minimum atomic E-state index is -1.25. The number of hydrogen-bond acceptors (Lipinski definition) is 2. The first-order valence-corrected chi connectivity index (χ1v) is 9.45. The molecule has 0 aromatic heterocycles. The van der Waals surface area contributed by atoms with Crippen molar-refractivity contribution in [2.24, 2.45) is 5.41 Å². The van der Waals surface area contributed by atoms with Crippen molar-refractivity contribution < 1.29 is 14.0 Å². The molecular formula is C23H29FN2O2. The maximum Gasteiger partial charge on any atom is 0.239 e. The molecule has 0 aliphatic heterocycles. The van der Waals surface area contributed by atoms with Gasteiger partial charge in [0.25, 0.3) is 0 Å². The van der Waals surface area contributed by atoms with Crippen LogP contribution in [-0.2, 0) is 21.4 Å². The van der Waals surface area contributed by atoms with Crippen LogP contribution < -0.4 is 10.6 Å². The molecule has 2 N–H and O–H groups in total. The zero-order chi connectivity index (χ0) is 20.9. The van der Waals surface area contributed by atoms with E-state index in [1.807, 2.05) is 24.3 Å². The maximum atomic E-state index is 13.6. The third-order valence-corrected chi connectivity index (χ3v) is 4.78. The number of hydrogen-bond donors (Lipinski definition) is 2. The highest BCUT2D eigenvalue weighted by Gasteiger charge is 2.35. The van der Waals surface area contributed by atoms with E-state index in [1.54, 1.807) is 32.0 Å². The van der Waals surface area contributed by atoms with Gasteiger partial charge in [-0.2, -0.15) is 0 Å². The second-order valence-corrected chi connectivity index (χ2v) is 8.50. The van der Waals surface area contributed by atoms with Gasteiger partial charge in [-0.25, -0.2) is 4.39 Å². The summed E-state index contributed by atoms with van der Waals surface area (Å²) >= 11 is 0. The minimum Gasteiger partial charge on any atom is -0.355 e. The summed E-state index contributed by atoms with van der Waals surface area (Å²) in [6.07, 6.45) is 0.365. The van der Waals surface area contributed by atoms with Crippen LogP contribution in [0.1, 0.15) is 45.7 Å². The maximum absolute atomic E-state index is 13.6. The molecule has 2 aromatic carbocycles. The Kier molecular flexibility index (Phi) is 6.60. The van der Waals surface area contributed by atoms with Crippen molar-refractivity contribution in [3.63, 3.8) is 0 Å². The van der Waals surface area contributed by atoms with E-state index in [0.29, 0.717) is 17.7 Å². The number of halogens is 1. The third-order valence-electron chi connectivity index (χ3n) is 4.78. The highest BCUT2D eigenvalue weighted by molar-refractivity contribution is 6.09. The Balaban J connectivity index is 1.93. The van der Waals surface area contributed by atoms with Gasteiger partial charge in [0.15, 0.2) is 0 Å². The minimum absolute atomic E-state index is 0.0277. The quantitative estimate of drug-likeness (QED) is 0.723. The molecule has 150 valence electrons. The topological polar surface area (TPSA) is 58.2 Å². The van der Waals surface area contributed by atoms with Crippen LogP contribution in [0.15, 0.2) is 48.5 Å². The van der Waals surface area contributed by atoms with Gasteiger partial charge in [-0.15, -0.1) is 0 Å². The molecule has 2 amide bonds. The van der Waals surface area contributed by atoms with E-state index in [2.05, 4.69) is 31.4 Å². The molecule has 2 rings (SSSR count). The molecular weight excluding hydrogens is 355 g/mol. The van der Waals surface area contributed by atoms with E-state index in [-0.39, 0.29) is 23.7 Å². The number of benzene rings is 2. The van der Waals surface area contributed by atoms with Crippen LogP contribution in [0.25, 0.3) is 0 Å². The van der Waals surface area contributed by atoms with Gasteiger partial charge in [0.05, 0.1) is 0 Å². The van der Waals surface area contributed by atoms with E-state index in [0.717, 1.165) is 5.56 Å². The number of rotatable bonds is 6. The fraction of sp³-hybridized carbons (Fsp3) is 0.391. The number of carbonyl (C=O) groups excluding carboxylic acids is 2. The summed E-state index contributed by atoms with van der Waals surface area (Å²) in [5.41, 5.74) is 1.11. The van der Waals surface area contributed by atoms with Gasteiger partial charge < -0.3 is 10.6 Å². The average Bonchev–Trinajstić information content (AvgIpc) is 2.62. The molecule has 0 aliphatic rings. The average molecular weight is 384 g/mol. The predicted octanol–water partition coefficient (Wildman–Crippen LogP) is 4.45. The molecule has 0 saturated carbocycles. The van der Waals surface area contributed by atoms with Crippen molar-refractivity contribution in [3.05, 3.63) is 65.5 Å². The Morgan fingerprint density at radius 2 is 1.50 bits per heavy atom. The molecule has 0 aliphatic carbocycles. The zero-order valence-electron chi connectivity index (χ0n) is 17.2. The standard InChI is InChI=1S/C23H29FN2O2/c1-22(2,3)17-10-12-18(13-11-17)26-21(28)23(4,5)20(27)25-15-14-16-8-6-7-9-19(16)24/h6-13H,14-15H2,1-5H3,(H,25,27)(H,26,28). The lowest BCUT2D eigenvalue weighted by atomic mass is 9.87. The molecule has 0 unspecified atom stereocenters. The molecule has 0 spiro atoms. The fourth-order valence-corrected chi connectivity index (χ4v) is 2.68. The number of carbonyl (C=O) groups is 2.